The molecule has 1 aliphatic heterocycles. The molecule has 25 heavy (non-hydrogen) atoms. The van der Waals surface area contributed by atoms with Gasteiger partial charge in [0.2, 0.25) is 5.91 Å². The third kappa shape index (κ3) is 5.11. The predicted molar refractivity (Wildman–Crippen MR) is 90.5 cm³/mol. The Labute approximate surface area is 145 Å². The Hall–Kier alpha value is -2.25. The highest BCUT2D eigenvalue weighted by Gasteiger charge is 2.13. The summed E-state index contributed by atoms with van der Waals surface area (Å²) in [4.78, 5) is 14.3. The molecule has 1 fully saturated rings. The largest absolute Gasteiger partial charge is 0.379 e. The second-order valence-electron chi connectivity index (χ2n) is 6.00. The van der Waals surface area contributed by atoms with E-state index in [0.29, 0.717) is 23.6 Å². The lowest BCUT2D eigenvalue weighted by Crippen LogP contribution is -2.38. The van der Waals surface area contributed by atoms with Crippen LogP contribution in [-0.2, 0) is 16.0 Å². The molecular formula is C18H22FN3O3. The van der Waals surface area contributed by atoms with Gasteiger partial charge >= 0.3 is 0 Å². The van der Waals surface area contributed by atoms with E-state index in [9.17, 15) is 9.18 Å². The summed E-state index contributed by atoms with van der Waals surface area (Å²) in [6.45, 7) is 5.03. The van der Waals surface area contributed by atoms with Crippen molar-refractivity contribution in [3.8, 4) is 11.3 Å². The fourth-order valence-corrected chi connectivity index (χ4v) is 2.77. The highest BCUT2D eigenvalue weighted by atomic mass is 19.1. The smallest absolute Gasteiger partial charge is 0.226 e. The van der Waals surface area contributed by atoms with Gasteiger partial charge in [-0.25, -0.2) is 4.39 Å². The van der Waals surface area contributed by atoms with Crippen LogP contribution in [0.2, 0.25) is 0 Å². The number of ether oxygens (including phenoxy) is 1. The lowest BCUT2D eigenvalue weighted by molar-refractivity contribution is -0.120. The third-order valence-electron chi connectivity index (χ3n) is 4.12. The topological polar surface area (TPSA) is 67.6 Å². The monoisotopic (exact) mass is 347 g/mol. The van der Waals surface area contributed by atoms with Crippen molar-refractivity contribution in [3.05, 3.63) is 41.8 Å². The van der Waals surface area contributed by atoms with Crippen LogP contribution in [-0.4, -0.2) is 55.4 Å². The number of halogens is 1. The molecule has 0 saturated carbocycles. The van der Waals surface area contributed by atoms with E-state index in [1.54, 1.807) is 24.3 Å². The standard InChI is InChI=1S/C18H22FN3O3/c19-16-5-2-1-4-15(16)17-12-14(21-25-17)13-18(23)20-6-3-7-22-8-10-24-11-9-22/h1-2,4-5,12H,3,6-11,13H2,(H,20,23). The number of carbonyl (C=O) groups is 1. The molecular weight excluding hydrogens is 325 g/mol. The van der Waals surface area contributed by atoms with Gasteiger partial charge < -0.3 is 14.6 Å². The van der Waals surface area contributed by atoms with Crippen molar-refractivity contribution < 1.29 is 18.4 Å². The molecule has 7 heteroatoms. The van der Waals surface area contributed by atoms with Crippen LogP contribution in [0.4, 0.5) is 4.39 Å². The average molecular weight is 347 g/mol. The summed E-state index contributed by atoms with van der Waals surface area (Å²) in [5.41, 5.74) is 0.830. The van der Waals surface area contributed by atoms with E-state index in [-0.39, 0.29) is 18.1 Å². The Morgan fingerprint density at radius 3 is 2.88 bits per heavy atom. The maximum atomic E-state index is 13.7. The molecule has 0 radical (unpaired) electrons. The zero-order valence-electron chi connectivity index (χ0n) is 14.0. The van der Waals surface area contributed by atoms with Crippen LogP contribution in [0, 0.1) is 5.82 Å². The van der Waals surface area contributed by atoms with Crippen LogP contribution in [0.3, 0.4) is 0 Å². The minimum atomic E-state index is -0.377. The summed E-state index contributed by atoms with van der Waals surface area (Å²) in [6, 6.07) is 7.91. The summed E-state index contributed by atoms with van der Waals surface area (Å²) >= 11 is 0. The van der Waals surface area contributed by atoms with E-state index in [1.807, 2.05) is 0 Å². The van der Waals surface area contributed by atoms with Crippen LogP contribution in [0.25, 0.3) is 11.3 Å². The van der Waals surface area contributed by atoms with Crippen molar-refractivity contribution in [3.63, 3.8) is 0 Å². The van der Waals surface area contributed by atoms with Gasteiger partial charge in [-0.15, -0.1) is 0 Å². The summed E-state index contributed by atoms with van der Waals surface area (Å²) in [6.07, 6.45) is 1.01. The van der Waals surface area contributed by atoms with Crippen molar-refractivity contribution >= 4 is 5.91 Å². The molecule has 2 aromatic rings. The molecule has 6 nitrogen and oxygen atoms in total. The number of carbonyl (C=O) groups excluding carboxylic acids is 1. The number of hydrogen-bond donors (Lipinski definition) is 1. The summed E-state index contributed by atoms with van der Waals surface area (Å²) in [5, 5.41) is 6.73. The normalized spacial score (nSPS) is 15.2. The predicted octanol–water partition coefficient (Wildman–Crippen LogP) is 1.86. The maximum absolute atomic E-state index is 13.7. The Morgan fingerprint density at radius 1 is 1.28 bits per heavy atom. The first-order valence-electron chi connectivity index (χ1n) is 8.49. The minimum Gasteiger partial charge on any atom is -0.379 e. The molecule has 1 saturated heterocycles. The highest BCUT2D eigenvalue weighted by Crippen LogP contribution is 2.23. The highest BCUT2D eigenvalue weighted by molar-refractivity contribution is 5.78. The average Bonchev–Trinajstić information content (AvgIpc) is 3.08. The Morgan fingerprint density at radius 2 is 2.08 bits per heavy atom. The van der Waals surface area contributed by atoms with E-state index in [0.717, 1.165) is 39.3 Å². The summed E-state index contributed by atoms with van der Waals surface area (Å²) < 4.78 is 24.2. The second kappa shape index (κ2) is 8.73. The third-order valence-corrected chi connectivity index (χ3v) is 4.12. The Balaban J connectivity index is 1.42. The van der Waals surface area contributed by atoms with Gasteiger partial charge in [0.1, 0.15) is 5.82 Å². The van der Waals surface area contributed by atoms with Crippen LogP contribution < -0.4 is 5.32 Å². The number of amides is 1. The van der Waals surface area contributed by atoms with Gasteiger partial charge in [0.25, 0.3) is 0 Å². The first kappa shape index (κ1) is 17.6. The first-order valence-corrected chi connectivity index (χ1v) is 8.49. The van der Waals surface area contributed by atoms with Crippen molar-refractivity contribution in [1.29, 1.82) is 0 Å². The van der Waals surface area contributed by atoms with Crippen LogP contribution >= 0.6 is 0 Å². The number of hydrogen-bond acceptors (Lipinski definition) is 5. The Kier molecular flexibility index (Phi) is 6.14. The van der Waals surface area contributed by atoms with Crippen LogP contribution in [0.15, 0.2) is 34.9 Å². The van der Waals surface area contributed by atoms with Gasteiger partial charge in [0.15, 0.2) is 5.76 Å². The molecule has 134 valence electrons. The van der Waals surface area contributed by atoms with Crippen molar-refractivity contribution in [2.75, 3.05) is 39.4 Å². The van der Waals surface area contributed by atoms with Gasteiger partial charge in [-0.3, -0.25) is 9.69 Å². The first-order chi connectivity index (χ1) is 12.2. The molecule has 1 N–H and O–H groups in total. The SMILES string of the molecule is O=C(Cc1cc(-c2ccccc2F)on1)NCCCN1CCOCC1. The molecule has 0 unspecified atom stereocenters. The number of aromatic nitrogens is 1. The van der Waals surface area contributed by atoms with Gasteiger partial charge in [-0.2, -0.15) is 0 Å². The van der Waals surface area contributed by atoms with E-state index < -0.39 is 0 Å². The van der Waals surface area contributed by atoms with Gasteiger partial charge in [-0.05, 0) is 25.1 Å². The maximum Gasteiger partial charge on any atom is 0.226 e. The van der Waals surface area contributed by atoms with Crippen molar-refractivity contribution in [2.45, 2.75) is 12.8 Å². The van der Waals surface area contributed by atoms with E-state index in [2.05, 4.69) is 15.4 Å². The second-order valence-corrected chi connectivity index (χ2v) is 6.00. The molecule has 0 spiro atoms. The Bertz CT molecular complexity index is 698. The molecule has 3 rings (SSSR count). The van der Waals surface area contributed by atoms with E-state index in [4.69, 9.17) is 9.26 Å². The molecule has 2 heterocycles. The summed E-state index contributed by atoms with van der Waals surface area (Å²) in [5.74, 6) is -0.165. The van der Waals surface area contributed by atoms with Crippen LogP contribution in [0.1, 0.15) is 12.1 Å². The molecule has 1 aromatic heterocycles. The number of morpholine rings is 1. The quantitative estimate of drug-likeness (QED) is 0.775. The number of nitrogens with one attached hydrogen (secondary N) is 1. The van der Waals surface area contributed by atoms with Crippen molar-refractivity contribution in [2.24, 2.45) is 0 Å². The minimum absolute atomic E-state index is 0.115. The fourth-order valence-electron chi connectivity index (χ4n) is 2.77. The van der Waals surface area contributed by atoms with Gasteiger partial charge in [0, 0.05) is 25.7 Å². The molecule has 1 amide bonds. The van der Waals surface area contributed by atoms with Crippen LogP contribution in [0.5, 0.6) is 0 Å². The van der Waals surface area contributed by atoms with Gasteiger partial charge in [0.05, 0.1) is 30.9 Å². The van der Waals surface area contributed by atoms with Crippen molar-refractivity contribution in [1.82, 2.24) is 15.4 Å². The number of rotatable bonds is 7. The van der Waals surface area contributed by atoms with Gasteiger partial charge in [-0.1, -0.05) is 17.3 Å². The molecule has 1 aliphatic rings. The lowest BCUT2D eigenvalue weighted by atomic mass is 10.1. The fraction of sp³-hybridized carbons (Fsp3) is 0.444. The van der Waals surface area contributed by atoms with E-state index >= 15 is 0 Å². The number of benzene rings is 1. The summed E-state index contributed by atoms with van der Waals surface area (Å²) in [7, 11) is 0. The molecule has 1 aromatic carbocycles. The number of nitrogens with zero attached hydrogens (tertiary/aromatic N) is 2. The molecule has 0 atom stereocenters. The lowest BCUT2D eigenvalue weighted by Gasteiger charge is -2.26. The van der Waals surface area contributed by atoms with E-state index in [1.165, 1.54) is 6.07 Å². The molecule has 0 aliphatic carbocycles. The zero-order chi connectivity index (χ0) is 17.5. The molecule has 0 bridgehead atoms. The zero-order valence-corrected chi connectivity index (χ0v) is 14.0.